The van der Waals surface area contributed by atoms with Gasteiger partial charge in [0.25, 0.3) is 5.91 Å². The van der Waals surface area contributed by atoms with Gasteiger partial charge in [0.1, 0.15) is 5.82 Å². The minimum atomic E-state index is -0.0926. The molecule has 6 heteroatoms. The van der Waals surface area contributed by atoms with Crippen LogP contribution >= 0.6 is 0 Å². The third-order valence-corrected chi connectivity index (χ3v) is 4.63. The normalized spacial score (nSPS) is 13.9. The Bertz CT molecular complexity index is 849. The van der Waals surface area contributed by atoms with Gasteiger partial charge in [-0.1, -0.05) is 6.42 Å². The zero-order chi connectivity index (χ0) is 17.1. The molecule has 6 nitrogen and oxygen atoms in total. The van der Waals surface area contributed by atoms with Crippen molar-refractivity contribution in [1.29, 1.82) is 0 Å². The summed E-state index contributed by atoms with van der Waals surface area (Å²) in [5.41, 5.74) is 1.68. The lowest BCUT2D eigenvalue weighted by molar-refractivity contribution is 0.0949. The maximum absolute atomic E-state index is 12.4. The van der Waals surface area contributed by atoms with Crippen LogP contribution in [0.3, 0.4) is 0 Å². The SMILES string of the molecule is O=C(NCc1nnc2n1CCCCC2)c1ccc(-n2cccc2)cc1. The number of nitrogens with one attached hydrogen (secondary N) is 1. The number of nitrogens with zero attached hydrogens (tertiary/aromatic N) is 4. The molecule has 0 radical (unpaired) electrons. The van der Waals surface area contributed by atoms with Gasteiger partial charge >= 0.3 is 0 Å². The van der Waals surface area contributed by atoms with E-state index >= 15 is 0 Å². The molecule has 128 valence electrons. The van der Waals surface area contributed by atoms with Gasteiger partial charge in [-0.15, -0.1) is 10.2 Å². The first-order valence-corrected chi connectivity index (χ1v) is 8.74. The van der Waals surface area contributed by atoms with Crippen molar-refractivity contribution in [3.8, 4) is 5.69 Å². The molecule has 1 aliphatic rings. The predicted molar refractivity (Wildman–Crippen MR) is 94.5 cm³/mol. The van der Waals surface area contributed by atoms with E-state index in [2.05, 4.69) is 20.1 Å². The second-order valence-electron chi connectivity index (χ2n) is 6.31. The van der Waals surface area contributed by atoms with Crippen molar-refractivity contribution in [1.82, 2.24) is 24.6 Å². The summed E-state index contributed by atoms with van der Waals surface area (Å²) in [6, 6.07) is 11.5. The van der Waals surface area contributed by atoms with Gasteiger partial charge in [-0.2, -0.15) is 0 Å². The second-order valence-corrected chi connectivity index (χ2v) is 6.31. The summed E-state index contributed by atoms with van der Waals surface area (Å²) in [4.78, 5) is 12.4. The van der Waals surface area contributed by atoms with Crippen LogP contribution in [0.4, 0.5) is 0 Å². The van der Waals surface area contributed by atoms with Gasteiger partial charge in [-0.25, -0.2) is 0 Å². The van der Waals surface area contributed by atoms with Crippen LogP contribution in [0.1, 0.15) is 41.3 Å². The van der Waals surface area contributed by atoms with Crippen LogP contribution in [0.25, 0.3) is 5.69 Å². The van der Waals surface area contributed by atoms with Gasteiger partial charge in [0.2, 0.25) is 0 Å². The molecule has 0 saturated heterocycles. The lowest BCUT2D eigenvalue weighted by Gasteiger charge is -2.09. The van der Waals surface area contributed by atoms with Gasteiger partial charge in [0.15, 0.2) is 5.82 Å². The molecule has 1 aliphatic heterocycles. The monoisotopic (exact) mass is 335 g/mol. The van der Waals surface area contributed by atoms with E-state index < -0.39 is 0 Å². The number of aryl methyl sites for hydroxylation is 1. The zero-order valence-electron chi connectivity index (χ0n) is 14.1. The Kier molecular flexibility index (Phi) is 4.33. The number of aromatic nitrogens is 4. The highest BCUT2D eigenvalue weighted by molar-refractivity contribution is 5.94. The maximum atomic E-state index is 12.4. The largest absolute Gasteiger partial charge is 0.345 e. The van der Waals surface area contributed by atoms with Gasteiger partial charge in [0, 0.05) is 36.6 Å². The molecule has 2 aromatic heterocycles. The fourth-order valence-corrected chi connectivity index (χ4v) is 3.23. The Morgan fingerprint density at radius 1 is 1.04 bits per heavy atom. The average molecular weight is 335 g/mol. The smallest absolute Gasteiger partial charge is 0.251 e. The van der Waals surface area contributed by atoms with Gasteiger partial charge < -0.3 is 14.5 Å². The Morgan fingerprint density at radius 3 is 2.64 bits per heavy atom. The summed E-state index contributed by atoms with van der Waals surface area (Å²) in [6.45, 7) is 1.35. The fraction of sp³-hybridized carbons (Fsp3) is 0.316. The highest BCUT2D eigenvalue weighted by Crippen LogP contribution is 2.14. The topological polar surface area (TPSA) is 64.7 Å². The lowest BCUT2D eigenvalue weighted by atomic mass is 10.2. The molecule has 0 unspecified atom stereocenters. The van der Waals surface area contributed by atoms with E-state index in [-0.39, 0.29) is 5.91 Å². The van der Waals surface area contributed by atoms with E-state index in [9.17, 15) is 4.79 Å². The minimum Gasteiger partial charge on any atom is -0.345 e. The van der Waals surface area contributed by atoms with Crippen molar-refractivity contribution in [2.45, 2.75) is 38.8 Å². The molecule has 0 bridgehead atoms. The molecule has 3 heterocycles. The summed E-state index contributed by atoms with van der Waals surface area (Å²) >= 11 is 0. The Balaban J connectivity index is 1.42. The van der Waals surface area contributed by atoms with Crippen LogP contribution in [-0.2, 0) is 19.5 Å². The zero-order valence-corrected chi connectivity index (χ0v) is 14.1. The first kappa shape index (κ1) is 15.6. The van der Waals surface area contributed by atoms with Crippen LogP contribution in [0, 0.1) is 0 Å². The van der Waals surface area contributed by atoms with E-state index in [4.69, 9.17) is 0 Å². The summed E-state index contributed by atoms with van der Waals surface area (Å²) in [7, 11) is 0. The number of rotatable bonds is 4. The van der Waals surface area contributed by atoms with Crippen LogP contribution in [-0.4, -0.2) is 25.2 Å². The number of amides is 1. The third-order valence-electron chi connectivity index (χ3n) is 4.63. The van der Waals surface area contributed by atoms with Crippen LogP contribution < -0.4 is 5.32 Å². The lowest BCUT2D eigenvalue weighted by Crippen LogP contribution is -2.25. The van der Waals surface area contributed by atoms with Crippen LogP contribution in [0.2, 0.25) is 0 Å². The van der Waals surface area contributed by atoms with Crippen LogP contribution in [0.15, 0.2) is 48.8 Å². The quantitative estimate of drug-likeness (QED) is 0.797. The van der Waals surface area contributed by atoms with Crippen molar-refractivity contribution in [3.05, 3.63) is 66.0 Å². The molecule has 1 aromatic carbocycles. The van der Waals surface area contributed by atoms with E-state index in [1.807, 2.05) is 53.4 Å². The number of carbonyl (C=O) groups is 1. The molecular weight excluding hydrogens is 314 g/mol. The molecule has 0 aliphatic carbocycles. The number of benzene rings is 1. The van der Waals surface area contributed by atoms with E-state index in [1.54, 1.807) is 0 Å². The number of hydrogen-bond acceptors (Lipinski definition) is 3. The maximum Gasteiger partial charge on any atom is 0.251 e. The van der Waals surface area contributed by atoms with Gasteiger partial charge in [-0.05, 0) is 49.2 Å². The van der Waals surface area contributed by atoms with Crippen molar-refractivity contribution in [2.75, 3.05) is 0 Å². The Morgan fingerprint density at radius 2 is 1.84 bits per heavy atom. The van der Waals surface area contributed by atoms with E-state index in [0.717, 1.165) is 43.1 Å². The average Bonchev–Trinajstić information content (AvgIpc) is 3.25. The molecule has 0 atom stereocenters. The molecule has 1 amide bonds. The van der Waals surface area contributed by atoms with E-state index in [0.29, 0.717) is 12.1 Å². The highest BCUT2D eigenvalue weighted by atomic mass is 16.1. The highest BCUT2D eigenvalue weighted by Gasteiger charge is 2.15. The Labute approximate surface area is 146 Å². The number of carbonyl (C=O) groups excluding carboxylic acids is 1. The summed E-state index contributed by atoms with van der Waals surface area (Å²) in [5, 5.41) is 11.5. The van der Waals surface area contributed by atoms with Gasteiger partial charge in [0.05, 0.1) is 6.54 Å². The minimum absolute atomic E-state index is 0.0926. The molecule has 0 fully saturated rings. The third kappa shape index (κ3) is 3.33. The van der Waals surface area contributed by atoms with Crippen molar-refractivity contribution < 1.29 is 4.79 Å². The van der Waals surface area contributed by atoms with Crippen molar-refractivity contribution in [3.63, 3.8) is 0 Å². The summed E-state index contributed by atoms with van der Waals surface area (Å²) in [5.74, 6) is 1.79. The van der Waals surface area contributed by atoms with Crippen molar-refractivity contribution in [2.24, 2.45) is 0 Å². The molecule has 3 aromatic rings. The molecule has 1 N–H and O–H groups in total. The summed E-state index contributed by atoms with van der Waals surface area (Å²) < 4.78 is 4.16. The number of hydrogen-bond donors (Lipinski definition) is 1. The second kappa shape index (κ2) is 6.93. The molecule has 0 saturated carbocycles. The van der Waals surface area contributed by atoms with E-state index in [1.165, 1.54) is 6.42 Å². The summed E-state index contributed by atoms with van der Waals surface area (Å²) in [6.07, 6.45) is 8.47. The molecule has 25 heavy (non-hydrogen) atoms. The van der Waals surface area contributed by atoms with Crippen molar-refractivity contribution >= 4 is 5.91 Å². The molecule has 0 spiro atoms. The standard InChI is InChI=1S/C19H21N5O/c25-19(15-7-9-16(10-8-15)23-11-4-5-12-23)20-14-18-22-21-17-6-2-1-3-13-24(17)18/h4-5,7-12H,1-3,6,13-14H2,(H,20,25). The predicted octanol–water partition coefficient (Wildman–Crippen LogP) is 2.73. The van der Waals surface area contributed by atoms with Crippen LogP contribution in [0.5, 0.6) is 0 Å². The number of fused-ring (bicyclic) bond motifs is 1. The molecule has 4 rings (SSSR count). The Hall–Kier alpha value is -2.89. The fourth-order valence-electron chi connectivity index (χ4n) is 3.23. The first-order valence-electron chi connectivity index (χ1n) is 8.74. The molecular formula is C19H21N5O. The van der Waals surface area contributed by atoms with Gasteiger partial charge in [-0.3, -0.25) is 4.79 Å². The first-order chi connectivity index (χ1) is 12.3.